The summed E-state index contributed by atoms with van der Waals surface area (Å²) in [7, 11) is 0. The van der Waals surface area contributed by atoms with E-state index in [0.29, 0.717) is 22.9 Å². The highest BCUT2D eigenvalue weighted by Gasteiger charge is 2.12. The molecule has 21 heavy (non-hydrogen) atoms. The summed E-state index contributed by atoms with van der Waals surface area (Å²) in [6, 6.07) is 14.6. The first-order chi connectivity index (χ1) is 9.98. The number of aliphatic hydroxyl groups is 1. The molecule has 2 aromatic rings. The van der Waals surface area contributed by atoms with E-state index >= 15 is 0 Å². The van der Waals surface area contributed by atoms with Crippen LogP contribution in [-0.2, 0) is 0 Å². The smallest absolute Gasteiger partial charge is 0.128 e. The van der Waals surface area contributed by atoms with Crippen LogP contribution in [-0.4, -0.2) is 10.7 Å². The molecule has 1 atom stereocenters. The van der Waals surface area contributed by atoms with Crippen molar-refractivity contribution in [1.82, 2.24) is 0 Å². The van der Waals surface area contributed by atoms with E-state index in [1.54, 1.807) is 19.1 Å². The molecule has 108 valence electrons. The molecule has 1 N–H and O–H groups in total. The van der Waals surface area contributed by atoms with Crippen molar-refractivity contribution in [3.8, 4) is 23.3 Å². The number of rotatable bonds is 3. The van der Waals surface area contributed by atoms with E-state index in [1.807, 2.05) is 43.3 Å². The van der Waals surface area contributed by atoms with Crippen molar-refractivity contribution < 1.29 is 9.84 Å². The minimum absolute atomic E-state index is 0.584. The third-order valence-electron chi connectivity index (χ3n) is 3.05. The Labute approximate surface area is 130 Å². The lowest BCUT2D eigenvalue weighted by Gasteiger charge is -2.12. The predicted octanol–water partition coefficient (Wildman–Crippen LogP) is 4.64. The number of ether oxygens (including phenoxy) is 1. The Morgan fingerprint density at radius 1 is 1.14 bits per heavy atom. The van der Waals surface area contributed by atoms with E-state index in [4.69, 9.17) is 16.3 Å². The number of hydrogen-bond acceptors (Lipinski definition) is 2. The van der Waals surface area contributed by atoms with Crippen molar-refractivity contribution in [2.45, 2.75) is 25.9 Å². The molecular formula is C18H17ClO2. The summed E-state index contributed by atoms with van der Waals surface area (Å²) in [5.41, 5.74) is -0.164. The zero-order valence-corrected chi connectivity index (χ0v) is 12.8. The summed E-state index contributed by atoms with van der Waals surface area (Å²) in [5.74, 6) is 7.23. The standard InChI is InChI=1S/C18H17ClO2/c1-3-18(2,20)12-11-14-5-4-6-17(13-14)21-16-9-7-15(19)8-10-16/h4-10,13,20H,3H2,1-2H3. The Hall–Kier alpha value is -1.95. The average Bonchev–Trinajstić information content (AvgIpc) is 2.48. The van der Waals surface area contributed by atoms with Gasteiger partial charge in [-0.2, -0.15) is 0 Å². The molecule has 2 rings (SSSR count). The maximum Gasteiger partial charge on any atom is 0.128 e. The van der Waals surface area contributed by atoms with Gasteiger partial charge in [0, 0.05) is 10.6 Å². The second-order valence-corrected chi connectivity index (χ2v) is 5.40. The van der Waals surface area contributed by atoms with Crippen LogP contribution in [0.1, 0.15) is 25.8 Å². The quantitative estimate of drug-likeness (QED) is 0.836. The largest absolute Gasteiger partial charge is 0.457 e. The highest BCUT2D eigenvalue weighted by molar-refractivity contribution is 6.30. The van der Waals surface area contributed by atoms with Crippen LogP contribution in [0.2, 0.25) is 5.02 Å². The first kappa shape index (κ1) is 15.4. The van der Waals surface area contributed by atoms with Crippen LogP contribution in [0.3, 0.4) is 0 Å². The molecule has 0 bridgehead atoms. The summed E-state index contributed by atoms with van der Waals surface area (Å²) < 4.78 is 5.74. The normalized spacial score (nSPS) is 13.0. The Bertz CT molecular complexity index is 664. The third-order valence-corrected chi connectivity index (χ3v) is 3.30. The van der Waals surface area contributed by atoms with E-state index in [1.165, 1.54) is 0 Å². The molecule has 1 unspecified atom stereocenters. The molecule has 0 saturated carbocycles. The number of benzene rings is 2. The lowest BCUT2D eigenvalue weighted by atomic mass is 10.0. The van der Waals surface area contributed by atoms with Crippen LogP contribution in [0.4, 0.5) is 0 Å². The van der Waals surface area contributed by atoms with Crippen molar-refractivity contribution in [1.29, 1.82) is 0 Å². The van der Waals surface area contributed by atoms with Crippen molar-refractivity contribution in [3.63, 3.8) is 0 Å². The van der Waals surface area contributed by atoms with E-state index in [2.05, 4.69) is 11.8 Å². The van der Waals surface area contributed by atoms with Gasteiger partial charge in [-0.3, -0.25) is 0 Å². The summed E-state index contributed by atoms with van der Waals surface area (Å²) in [4.78, 5) is 0. The van der Waals surface area contributed by atoms with Gasteiger partial charge in [0.1, 0.15) is 17.1 Å². The van der Waals surface area contributed by atoms with Crippen LogP contribution in [0.25, 0.3) is 0 Å². The van der Waals surface area contributed by atoms with E-state index in [9.17, 15) is 5.11 Å². The maximum absolute atomic E-state index is 9.90. The molecule has 3 heteroatoms. The number of hydrogen-bond donors (Lipinski definition) is 1. The van der Waals surface area contributed by atoms with Gasteiger partial charge in [-0.1, -0.05) is 36.4 Å². The van der Waals surface area contributed by atoms with Gasteiger partial charge in [0.05, 0.1) is 0 Å². The predicted molar refractivity (Wildman–Crippen MR) is 85.8 cm³/mol. The minimum atomic E-state index is -0.965. The molecule has 0 spiro atoms. The molecule has 2 nitrogen and oxygen atoms in total. The summed E-state index contributed by atoms with van der Waals surface area (Å²) in [6.45, 7) is 3.60. The molecule has 0 saturated heterocycles. The summed E-state index contributed by atoms with van der Waals surface area (Å²) in [5, 5.41) is 10.6. The lowest BCUT2D eigenvalue weighted by molar-refractivity contribution is 0.118. The van der Waals surface area contributed by atoms with E-state index in [0.717, 1.165) is 5.56 Å². The minimum Gasteiger partial charge on any atom is -0.457 e. The highest BCUT2D eigenvalue weighted by atomic mass is 35.5. The molecule has 0 amide bonds. The molecular weight excluding hydrogens is 284 g/mol. The topological polar surface area (TPSA) is 29.5 Å². The monoisotopic (exact) mass is 300 g/mol. The maximum atomic E-state index is 9.90. The second kappa shape index (κ2) is 6.67. The first-order valence-electron chi connectivity index (χ1n) is 6.77. The SMILES string of the molecule is CCC(C)(O)C#Cc1cccc(Oc2ccc(Cl)cc2)c1. The zero-order valence-electron chi connectivity index (χ0n) is 12.1. The van der Waals surface area contributed by atoms with Gasteiger partial charge in [0.25, 0.3) is 0 Å². The summed E-state index contributed by atoms with van der Waals surface area (Å²) >= 11 is 5.84. The van der Waals surface area contributed by atoms with Gasteiger partial charge >= 0.3 is 0 Å². The first-order valence-corrected chi connectivity index (χ1v) is 7.15. The lowest BCUT2D eigenvalue weighted by Crippen LogP contribution is -2.19. The number of halogens is 1. The Balaban J connectivity index is 2.16. The fraction of sp³-hybridized carbons (Fsp3) is 0.222. The molecule has 0 aliphatic heterocycles. The molecule has 0 fully saturated rings. The fourth-order valence-corrected chi connectivity index (χ4v) is 1.70. The van der Waals surface area contributed by atoms with E-state index in [-0.39, 0.29) is 0 Å². The zero-order chi connectivity index (χ0) is 15.3. The second-order valence-electron chi connectivity index (χ2n) is 4.96. The van der Waals surface area contributed by atoms with Crippen LogP contribution >= 0.6 is 11.6 Å². The molecule has 0 heterocycles. The van der Waals surface area contributed by atoms with Crippen molar-refractivity contribution in [2.75, 3.05) is 0 Å². The molecule has 0 aliphatic carbocycles. The van der Waals surface area contributed by atoms with Gasteiger partial charge < -0.3 is 9.84 Å². The summed E-state index contributed by atoms with van der Waals surface area (Å²) in [6.07, 6.45) is 0.584. The van der Waals surface area contributed by atoms with Crippen LogP contribution in [0.5, 0.6) is 11.5 Å². The fourth-order valence-electron chi connectivity index (χ4n) is 1.57. The molecule has 0 radical (unpaired) electrons. The molecule has 0 aromatic heterocycles. The third kappa shape index (κ3) is 4.82. The van der Waals surface area contributed by atoms with E-state index < -0.39 is 5.60 Å². The van der Waals surface area contributed by atoms with Gasteiger partial charge in [-0.15, -0.1) is 0 Å². The van der Waals surface area contributed by atoms with Crippen molar-refractivity contribution in [2.24, 2.45) is 0 Å². The van der Waals surface area contributed by atoms with Crippen molar-refractivity contribution in [3.05, 3.63) is 59.1 Å². The van der Waals surface area contributed by atoms with Crippen LogP contribution in [0.15, 0.2) is 48.5 Å². The Kier molecular flexibility index (Phi) is 4.90. The van der Waals surface area contributed by atoms with Crippen molar-refractivity contribution >= 4 is 11.6 Å². The highest BCUT2D eigenvalue weighted by Crippen LogP contribution is 2.23. The van der Waals surface area contributed by atoms with Crippen LogP contribution < -0.4 is 4.74 Å². The van der Waals surface area contributed by atoms with Gasteiger partial charge in [-0.05, 0) is 55.8 Å². The van der Waals surface area contributed by atoms with Gasteiger partial charge in [-0.25, -0.2) is 0 Å². The Morgan fingerprint density at radius 2 is 1.86 bits per heavy atom. The molecule has 2 aromatic carbocycles. The van der Waals surface area contributed by atoms with Crippen LogP contribution in [0, 0.1) is 11.8 Å². The van der Waals surface area contributed by atoms with Gasteiger partial charge in [0.15, 0.2) is 0 Å². The molecule has 0 aliphatic rings. The Morgan fingerprint density at radius 3 is 2.52 bits per heavy atom. The van der Waals surface area contributed by atoms with Gasteiger partial charge in [0.2, 0.25) is 0 Å². The average molecular weight is 301 g/mol.